The molecule has 1 atom stereocenters. The van der Waals surface area contributed by atoms with E-state index in [1.807, 2.05) is 12.1 Å². The fraction of sp³-hybridized carbons (Fsp3) is 0.400. The monoisotopic (exact) mass is 315 g/mol. The molecule has 3 rings (SSSR count). The van der Waals surface area contributed by atoms with Gasteiger partial charge in [0.15, 0.2) is 5.82 Å². The molecule has 3 heterocycles. The van der Waals surface area contributed by atoms with Crippen LogP contribution in [0.15, 0.2) is 20.4 Å². The highest BCUT2D eigenvalue weighted by Gasteiger charge is 2.21. The van der Waals surface area contributed by atoms with Crippen LogP contribution in [-0.4, -0.2) is 29.9 Å². The zero-order chi connectivity index (χ0) is 11.7. The minimum absolute atomic E-state index is 0.0321. The van der Waals surface area contributed by atoms with Crippen molar-refractivity contribution in [3.8, 4) is 10.8 Å². The summed E-state index contributed by atoms with van der Waals surface area (Å²) in [6.07, 6.45) is 0. The average Bonchev–Trinajstić information content (AvgIpc) is 2.98. The van der Waals surface area contributed by atoms with Gasteiger partial charge in [-0.3, -0.25) is 0 Å². The molecule has 0 bridgehead atoms. The Kier molecular flexibility index (Phi) is 3.24. The number of ether oxygens (including phenoxy) is 1. The number of morpholine rings is 1. The molecule has 1 aliphatic heterocycles. The molecule has 1 unspecified atom stereocenters. The maximum Gasteiger partial charge on any atom is 0.268 e. The van der Waals surface area contributed by atoms with Gasteiger partial charge in [0.2, 0.25) is 0 Å². The summed E-state index contributed by atoms with van der Waals surface area (Å²) in [5, 5.41) is 7.28. The number of thiophene rings is 1. The molecule has 2 aromatic heterocycles. The molecular formula is C10H10BrN3O2S. The summed E-state index contributed by atoms with van der Waals surface area (Å²) in [7, 11) is 0. The fourth-order valence-electron chi connectivity index (χ4n) is 1.64. The first-order chi connectivity index (χ1) is 8.33. The maximum atomic E-state index is 5.37. The van der Waals surface area contributed by atoms with Crippen LogP contribution in [-0.2, 0) is 4.74 Å². The fourth-order valence-corrected chi connectivity index (χ4v) is 2.94. The van der Waals surface area contributed by atoms with E-state index in [4.69, 9.17) is 9.26 Å². The maximum absolute atomic E-state index is 5.37. The van der Waals surface area contributed by atoms with Gasteiger partial charge in [0.05, 0.1) is 27.9 Å². The van der Waals surface area contributed by atoms with Gasteiger partial charge >= 0.3 is 0 Å². The zero-order valence-corrected chi connectivity index (χ0v) is 11.3. The lowest BCUT2D eigenvalue weighted by atomic mass is 10.2. The van der Waals surface area contributed by atoms with E-state index in [1.165, 1.54) is 0 Å². The van der Waals surface area contributed by atoms with Gasteiger partial charge in [-0.15, -0.1) is 11.3 Å². The van der Waals surface area contributed by atoms with Crippen molar-refractivity contribution in [2.24, 2.45) is 0 Å². The first-order valence-corrected chi connectivity index (χ1v) is 6.84. The summed E-state index contributed by atoms with van der Waals surface area (Å²) in [6, 6.07) is 3.95. The molecule has 5 nitrogen and oxygen atoms in total. The molecule has 0 amide bonds. The minimum atomic E-state index is 0.0321. The summed E-state index contributed by atoms with van der Waals surface area (Å²) in [6.45, 7) is 2.14. The third-order valence-corrected chi connectivity index (χ3v) is 4.07. The van der Waals surface area contributed by atoms with E-state index in [1.54, 1.807) is 11.3 Å². The van der Waals surface area contributed by atoms with Gasteiger partial charge in [-0.2, -0.15) is 4.98 Å². The molecule has 7 heteroatoms. The second kappa shape index (κ2) is 4.85. The summed E-state index contributed by atoms with van der Waals surface area (Å²) in [5.41, 5.74) is 0. The van der Waals surface area contributed by atoms with Crippen LogP contribution in [0.5, 0.6) is 0 Å². The summed E-state index contributed by atoms with van der Waals surface area (Å²) >= 11 is 4.98. The van der Waals surface area contributed by atoms with Crippen molar-refractivity contribution in [1.29, 1.82) is 0 Å². The van der Waals surface area contributed by atoms with Crippen LogP contribution in [0.4, 0.5) is 0 Å². The molecule has 2 aromatic rings. The van der Waals surface area contributed by atoms with Crippen LogP contribution in [0.2, 0.25) is 0 Å². The summed E-state index contributed by atoms with van der Waals surface area (Å²) in [5.74, 6) is 1.22. The molecule has 90 valence electrons. The van der Waals surface area contributed by atoms with Crippen LogP contribution in [0, 0.1) is 0 Å². The van der Waals surface area contributed by atoms with E-state index >= 15 is 0 Å². The van der Waals surface area contributed by atoms with Gasteiger partial charge in [0.25, 0.3) is 5.89 Å². The van der Waals surface area contributed by atoms with Gasteiger partial charge < -0.3 is 14.6 Å². The number of nitrogens with zero attached hydrogens (tertiary/aromatic N) is 2. The number of rotatable bonds is 2. The highest BCUT2D eigenvalue weighted by Crippen LogP contribution is 2.30. The van der Waals surface area contributed by atoms with Gasteiger partial charge in [-0.25, -0.2) is 0 Å². The molecule has 0 aliphatic carbocycles. The molecule has 0 saturated carbocycles. The molecule has 1 fully saturated rings. The second-order valence-electron chi connectivity index (χ2n) is 3.64. The SMILES string of the molecule is Brc1ccc(-c2nc(C3COCCN3)no2)s1. The molecule has 1 N–H and O–H groups in total. The quantitative estimate of drug-likeness (QED) is 0.920. The van der Waals surface area contributed by atoms with Crippen LogP contribution in [0.25, 0.3) is 10.8 Å². The zero-order valence-electron chi connectivity index (χ0n) is 8.85. The first-order valence-electron chi connectivity index (χ1n) is 5.23. The van der Waals surface area contributed by atoms with Crippen molar-refractivity contribution >= 4 is 27.3 Å². The Labute approximate surface area is 110 Å². The normalized spacial score (nSPS) is 20.6. The van der Waals surface area contributed by atoms with E-state index in [0.29, 0.717) is 18.3 Å². The molecule has 0 spiro atoms. The van der Waals surface area contributed by atoms with E-state index < -0.39 is 0 Å². The van der Waals surface area contributed by atoms with E-state index in [-0.39, 0.29) is 6.04 Å². The Morgan fingerprint density at radius 3 is 3.12 bits per heavy atom. The molecule has 0 aromatic carbocycles. The first kappa shape index (κ1) is 11.3. The Bertz CT molecular complexity index is 507. The van der Waals surface area contributed by atoms with Gasteiger partial charge in [-0.05, 0) is 28.1 Å². The lowest BCUT2D eigenvalue weighted by Crippen LogP contribution is -2.35. The van der Waals surface area contributed by atoms with Crippen molar-refractivity contribution in [3.63, 3.8) is 0 Å². The van der Waals surface area contributed by atoms with Crippen LogP contribution in [0.1, 0.15) is 11.9 Å². The lowest BCUT2D eigenvalue weighted by Gasteiger charge is -2.20. The molecular weight excluding hydrogens is 306 g/mol. The van der Waals surface area contributed by atoms with Gasteiger partial charge in [-0.1, -0.05) is 5.16 Å². The number of nitrogens with one attached hydrogen (secondary N) is 1. The van der Waals surface area contributed by atoms with Crippen LogP contribution >= 0.6 is 27.3 Å². The number of halogens is 1. The molecule has 0 radical (unpaired) electrons. The number of hydrogen-bond donors (Lipinski definition) is 1. The smallest absolute Gasteiger partial charge is 0.268 e. The highest BCUT2D eigenvalue weighted by molar-refractivity contribution is 9.11. The molecule has 1 aliphatic rings. The third-order valence-electron chi connectivity index (χ3n) is 2.46. The van der Waals surface area contributed by atoms with Crippen molar-refractivity contribution < 1.29 is 9.26 Å². The number of hydrogen-bond acceptors (Lipinski definition) is 6. The molecule has 1 saturated heterocycles. The Hall–Kier alpha value is -0.760. The Morgan fingerprint density at radius 1 is 1.47 bits per heavy atom. The summed E-state index contributed by atoms with van der Waals surface area (Å²) in [4.78, 5) is 5.35. The topological polar surface area (TPSA) is 60.2 Å². The predicted molar refractivity (Wildman–Crippen MR) is 66.9 cm³/mol. The van der Waals surface area contributed by atoms with Crippen molar-refractivity contribution in [2.45, 2.75) is 6.04 Å². The second-order valence-corrected chi connectivity index (χ2v) is 6.11. The standard InChI is InChI=1S/C10H10BrN3O2S/c11-8-2-1-7(17-8)10-13-9(14-16-10)6-5-15-4-3-12-6/h1-2,6,12H,3-5H2. The van der Waals surface area contributed by atoms with Gasteiger partial charge in [0.1, 0.15) is 0 Å². The minimum Gasteiger partial charge on any atom is -0.378 e. The highest BCUT2D eigenvalue weighted by atomic mass is 79.9. The van der Waals surface area contributed by atoms with Crippen molar-refractivity contribution in [2.75, 3.05) is 19.8 Å². The predicted octanol–water partition coefficient (Wildman–Crippen LogP) is 2.22. The van der Waals surface area contributed by atoms with E-state index in [0.717, 1.165) is 21.8 Å². The third kappa shape index (κ3) is 2.42. The largest absolute Gasteiger partial charge is 0.378 e. The van der Waals surface area contributed by atoms with E-state index in [9.17, 15) is 0 Å². The Morgan fingerprint density at radius 2 is 2.41 bits per heavy atom. The summed E-state index contributed by atoms with van der Waals surface area (Å²) < 4.78 is 11.7. The number of aromatic nitrogens is 2. The van der Waals surface area contributed by atoms with Crippen molar-refractivity contribution in [1.82, 2.24) is 15.5 Å². The average molecular weight is 316 g/mol. The molecule has 17 heavy (non-hydrogen) atoms. The van der Waals surface area contributed by atoms with Gasteiger partial charge in [0, 0.05) is 6.54 Å². The van der Waals surface area contributed by atoms with Crippen LogP contribution in [0.3, 0.4) is 0 Å². The van der Waals surface area contributed by atoms with E-state index in [2.05, 4.69) is 31.4 Å². The van der Waals surface area contributed by atoms with Crippen molar-refractivity contribution in [3.05, 3.63) is 21.7 Å². The van der Waals surface area contributed by atoms with Crippen LogP contribution < -0.4 is 5.32 Å². The Balaban J connectivity index is 1.82. The lowest BCUT2D eigenvalue weighted by molar-refractivity contribution is 0.0734.